The van der Waals surface area contributed by atoms with E-state index in [2.05, 4.69) is 15.2 Å². The number of hydrogen-bond donors (Lipinski definition) is 2. The summed E-state index contributed by atoms with van der Waals surface area (Å²) in [6.45, 7) is 0. The van der Waals surface area contributed by atoms with Gasteiger partial charge in [-0.1, -0.05) is 18.2 Å². The summed E-state index contributed by atoms with van der Waals surface area (Å²) in [5, 5.41) is 19.6. The van der Waals surface area contributed by atoms with Gasteiger partial charge in [0.25, 0.3) is 5.69 Å². The third-order valence-electron chi connectivity index (χ3n) is 3.35. The van der Waals surface area contributed by atoms with Gasteiger partial charge >= 0.3 is 0 Å². The van der Waals surface area contributed by atoms with Crippen molar-refractivity contribution in [1.29, 1.82) is 0 Å². The van der Waals surface area contributed by atoms with E-state index < -0.39 is 4.92 Å². The number of rotatable bonds is 1. The van der Waals surface area contributed by atoms with Gasteiger partial charge in [0.15, 0.2) is 0 Å². The van der Waals surface area contributed by atoms with Crippen LogP contribution >= 0.6 is 0 Å². The molecule has 0 aliphatic rings. The molecule has 6 heteroatoms. The number of benzene rings is 2. The number of nitro groups is 1. The lowest BCUT2D eigenvalue weighted by Gasteiger charge is -1.96. The summed E-state index contributed by atoms with van der Waals surface area (Å²) < 4.78 is 0. The molecule has 0 radical (unpaired) electrons. The molecule has 0 aliphatic carbocycles. The second-order valence-corrected chi connectivity index (χ2v) is 4.38. The van der Waals surface area contributed by atoms with Crippen molar-refractivity contribution in [3.63, 3.8) is 0 Å². The fourth-order valence-electron chi connectivity index (χ4n) is 2.54. The lowest BCUT2D eigenvalue weighted by Crippen LogP contribution is -1.89. The van der Waals surface area contributed by atoms with Crippen molar-refractivity contribution in [2.24, 2.45) is 0 Å². The normalized spacial score (nSPS) is 11.6. The van der Waals surface area contributed by atoms with Crippen LogP contribution in [-0.2, 0) is 0 Å². The molecule has 92 valence electrons. The van der Waals surface area contributed by atoms with E-state index in [0.717, 1.165) is 21.7 Å². The van der Waals surface area contributed by atoms with Gasteiger partial charge in [0.2, 0.25) is 0 Å². The Hall–Kier alpha value is -2.89. The molecule has 4 aromatic rings. The Bertz CT molecular complexity index is 951. The highest BCUT2D eigenvalue weighted by Gasteiger charge is 2.20. The summed E-state index contributed by atoms with van der Waals surface area (Å²) in [5.41, 5.74) is 1.94. The summed E-state index contributed by atoms with van der Waals surface area (Å²) in [6.07, 6.45) is 1.80. The average molecular weight is 252 g/mol. The molecule has 6 nitrogen and oxygen atoms in total. The van der Waals surface area contributed by atoms with Crippen LogP contribution in [-0.4, -0.2) is 20.1 Å². The number of fused-ring (bicyclic) bond motifs is 5. The lowest BCUT2D eigenvalue weighted by molar-refractivity contribution is -0.383. The first-order valence-corrected chi connectivity index (χ1v) is 5.77. The minimum absolute atomic E-state index is 0.0227. The molecule has 2 N–H and O–H groups in total. The van der Waals surface area contributed by atoms with Crippen LogP contribution in [0.5, 0.6) is 0 Å². The molecule has 19 heavy (non-hydrogen) atoms. The van der Waals surface area contributed by atoms with E-state index in [9.17, 15) is 10.1 Å². The van der Waals surface area contributed by atoms with Crippen molar-refractivity contribution < 1.29 is 4.92 Å². The number of nitro benzene ring substituents is 1. The van der Waals surface area contributed by atoms with Gasteiger partial charge in [-0.15, -0.1) is 0 Å². The van der Waals surface area contributed by atoms with Gasteiger partial charge in [0.1, 0.15) is 5.52 Å². The fraction of sp³-hybridized carbons (Fsp3) is 0. The van der Waals surface area contributed by atoms with E-state index in [1.165, 1.54) is 6.07 Å². The van der Waals surface area contributed by atoms with E-state index >= 15 is 0 Å². The molecule has 0 atom stereocenters. The fourth-order valence-corrected chi connectivity index (χ4v) is 2.54. The number of nitrogens with zero attached hydrogens (tertiary/aromatic N) is 2. The minimum Gasteiger partial charge on any atom is -0.307 e. The van der Waals surface area contributed by atoms with Crippen molar-refractivity contribution in [2.75, 3.05) is 0 Å². The first-order valence-electron chi connectivity index (χ1n) is 5.77. The van der Waals surface area contributed by atoms with Gasteiger partial charge in [0.05, 0.1) is 16.0 Å². The highest BCUT2D eigenvalue weighted by molar-refractivity contribution is 6.21. The Balaban J connectivity index is 2.38. The molecule has 4 rings (SSSR count). The van der Waals surface area contributed by atoms with Crippen molar-refractivity contribution in [3.05, 3.63) is 46.6 Å². The second-order valence-electron chi connectivity index (χ2n) is 4.38. The number of hydrogen-bond acceptors (Lipinski definition) is 3. The topological polar surface area (TPSA) is 87.6 Å². The highest BCUT2D eigenvalue weighted by atomic mass is 16.6. The molecule has 0 bridgehead atoms. The number of non-ortho nitro benzene ring substituents is 1. The van der Waals surface area contributed by atoms with E-state index in [1.54, 1.807) is 6.20 Å². The number of H-pyrrole nitrogens is 2. The van der Waals surface area contributed by atoms with Crippen LogP contribution in [0.15, 0.2) is 36.5 Å². The van der Waals surface area contributed by atoms with E-state index in [4.69, 9.17) is 0 Å². The molecule has 0 spiro atoms. The van der Waals surface area contributed by atoms with Gasteiger partial charge in [0, 0.05) is 28.4 Å². The molecule has 0 saturated heterocycles. The Morgan fingerprint density at radius 2 is 2.05 bits per heavy atom. The Labute approximate surface area is 106 Å². The maximum Gasteiger partial charge on any atom is 0.297 e. The molecule has 0 aliphatic heterocycles. The SMILES string of the molecule is O=[N+]([O-])c1cc2[nH][nH]cc2c2c1nc1ccccc12. The summed E-state index contributed by atoms with van der Waals surface area (Å²) in [5.74, 6) is 0. The first kappa shape index (κ1) is 10.1. The smallest absolute Gasteiger partial charge is 0.297 e. The van der Waals surface area contributed by atoms with Crippen molar-refractivity contribution in [2.45, 2.75) is 0 Å². The Morgan fingerprint density at radius 3 is 2.89 bits per heavy atom. The molecule has 2 aromatic carbocycles. The van der Waals surface area contributed by atoms with Crippen LogP contribution in [0.4, 0.5) is 5.69 Å². The monoisotopic (exact) mass is 252 g/mol. The summed E-state index contributed by atoms with van der Waals surface area (Å²) in [7, 11) is 0. The zero-order chi connectivity index (χ0) is 13.0. The van der Waals surface area contributed by atoms with Crippen LogP contribution in [0.25, 0.3) is 32.7 Å². The lowest BCUT2D eigenvalue weighted by atomic mass is 10.1. The molecule has 0 unspecified atom stereocenters. The average Bonchev–Trinajstić information content (AvgIpc) is 3.00. The molecular weight excluding hydrogens is 244 g/mol. The largest absolute Gasteiger partial charge is 0.307 e. The van der Waals surface area contributed by atoms with Crippen molar-refractivity contribution in [3.8, 4) is 0 Å². The standard InChI is InChI=1S/C13H8N4O2/c18-17(19)11-5-10-8(6-14-16-10)12-7-3-1-2-4-9(7)15-13(11)12/h1-6,14,16H. The third-order valence-corrected chi connectivity index (χ3v) is 3.35. The molecule has 0 fully saturated rings. The van der Waals surface area contributed by atoms with Gasteiger partial charge < -0.3 is 10.2 Å². The predicted molar refractivity (Wildman–Crippen MR) is 72.1 cm³/mol. The summed E-state index contributed by atoms with van der Waals surface area (Å²) >= 11 is 0. The van der Waals surface area contributed by atoms with Gasteiger partial charge in [-0.05, 0) is 6.07 Å². The Morgan fingerprint density at radius 1 is 1.21 bits per heavy atom. The zero-order valence-corrected chi connectivity index (χ0v) is 9.68. The molecular formula is C13H8N4O2. The number of nitrogens with one attached hydrogen (secondary N) is 2. The van der Waals surface area contributed by atoms with Gasteiger partial charge in [-0.2, -0.15) is 0 Å². The molecule has 0 amide bonds. The zero-order valence-electron chi connectivity index (χ0n) is 9.68. The van der Waals surface area contributed by atoms with Crippen LogP contribution in [0.1, 0.15) is 0 Å². The summed E-state index contributed by atoms with van der Waals surface area (Å²) in [6, 6.07) is 9.09. The molecule has 0 saturated carbocycles. The van der Waals surface area contributed by atoms with Crippen LogP contribution < -0.4 is 0 Å². The minimum atomic E-state index is -0.394. The summed E-state index contributed by atoms with van der Waals surface area (Å²) in [4.78, 5) is 15.2. The second kappa shape index (κ2) is 3.32. The van der Waals surface area contributed by atoms with E-state index in [0.29, 0.717) is 11.0 Å². The maximum absolute atomic E-state index is 11.2. The maximum atomic E-state index is 11.2. The number of para-hydroxylation sites is 1. The van der Waals surface area contributed by atoms with Gasteiger partial charge in [-0.3, -0.25) is 10.1 Å². The van der Waals surface area contributed by atoms with E-state index in [-0.39, 0.29) is 5.69 Å². The third kappa shape index (κ3) is 1.22. The van der Waals surface area contributed by atoms with Crippen LogP contribution in [0, 0.1) is 10.1 Å². The highest BCUT2D eigenvalue weighted by Crippen LogP contribution is 2.36. The van der Waals surface area contributed by atoms with Crippen LogP contribution in [0.3, 0.4) is 0 Å². The molecule has 2 heterocycles. The van der Waals surface area contributed by atoms with E-state index in [1.807, 2.05) is 24.3 Å². The first-order chi connectivity index (χ1) is 9.25. The Kier molecular flexibility index (Phi) is 1.76. The number of aromatic amines is 2. The number of aromatic nitrogens is 3. The predicted octanol–water partition coefficient (Wildman–Crippen LogP) is 3.11. The van der Waals surface area contributed by atoms with Gasteiger partial charge in [-0.25, -0.2) is 4.98 Å². The van der Waals surface area contributed by atoms with Crippen molar-refractivity contribution >= 4 is 38.4 Å². The quantitative estimate of drug-likeness (QED) is 0.403. The molecule has 2 aromatic heterocycles. The van der Waals surface area contributed by atoms with Crippen molar-refractivity contribution in [1.82, 2.24) is 15.2 Å². The van der Waals surface area contributed by atoms with Crippen LogP contribution in [0.2, 0.25) is 0 Å².